The second kappa shape index (κ2) is 7.41. The maximum Gasteiger partial charge on any atom is 0.104 e. The van der Waals surface area contributed by atoms with E-state index in [0.717, 1.165) is 26.0 Å². The maximum absolute atomic E-state index is 6.19. The lowest BCUT2D eigenvalue weighted by molar-refractivity contribution is 0.0640. The maximum atomic E-state index is 6.19. The summed E-state index contributed by atoms with van der Waals surface area (Å²) in [5.74, 6) is 0. The van der Waals surface area contributed by atoms with Crippen LogP contribution in [0.5, 0.6) is 0 Å². The van der Waals surface area contributed by atoms with Gasteiger partial charge in [-0.1, -0.05) is 48.1 Å². The molecular formula is C18H25NO. The Hall–Kier alpha value is -1.38. The highest BCUT2D eigenvalue weighted by atomic mass is 16.5. The van der Waals surface area contributed by atoms with E-state index in [2.05, 4.69) is 68.4 Å². The fourth-order valence-electron chi connectivity index (χ4n) is 2.44. The topological polar surface area (TPSA) is 12.5 Å². The molecule has 0 heterocycles. The quantitative estimate of drug-likeness (QED) is 0.778. The third-order valence-corrected chi connectivity index (χ3v) is 3.55. The normalized spacial score (nSPS) is 16.3. The van der Waals surface area contributed by atoms with E-state index in [1.165, 1.54) is 16.7 Å². The second-order valence-corrected chi connectivity index (χ2v) is 5.68. The smallest absolute Gasteiger partial charge is 0.104 e. The number of nitrogens with zero attached hydrogens (tertiary/aromatic N) is 1. The minimum Gasteiger partial charge on any atom is -0.368 e. The lowest BCUT2D eigenvalue weighted by Gasteiger charge is -2.24. The van der Waals surface area contributed by atoms with E-state index < -0.39 is 0 Å². The summed E-state index contributed by atoms with van der Waals surface area (Å²) >= 11 is 0. The van der Waals surface area contributed by atoms with Crippen LogP contribution in [0.3, 0.4) is 0 Å². The van der Waals surface area contributed by atoms with E-state index in [-0.39, 0.29) is 6.10 Å². The van der Waals surface area contributed by atoms with Crippen molar-refractivity contribution in [1.82, 2.24) is 4.90 Å². The fourth-order valence-corrected chi connectivity index (χ4v) is 2.44. The van der Waals surface area contributed by atoms with Gasteiger partial charge in [0.2, 0.25) is 0 Å². The molecule has 2 nitrogen and oxygen atoms in total. The van der Waals surface area contributed by atoms with Crippen LogP contribution >= 0.6 is 0 Å². The van der Waals surface area contributed by atoms with E-state index in [1.54, 1.807) is 0 Å². The lowest BCUT2D eigenvalue weighted by Crippen LogP contribution is -2.20. The molecule has 1 aromatic carbocycles. The van der Waals surface area contributed by atoms with Crippen molar-refractivity contribution in [2.45, 2.75) is 25.9 Å². The summed E-state index contributed by atoms with van der Waals surface area (Å²) in [6.07, 6.45) is 8.89. The van der Waals surface area contributed by atoms with Crippen LogP contribution in [0.4, 0.5) is 0 Å². The number of allylic oxidation sites excluding steroid dienone is 3. The number of aryl methyl sites for hydroxylation is 1. The molecule has 0 saturated heterocycles. The van der Waals surface area contributed by atoms with Crippen molar-refractivity contribution in [2.75, 3.05) is 27.2 Å². The molecule has 2 rings (SSSR count). The third kappa shape index (κ3) is 4.32. The number of ether oxygens (including phenoxy) is 1. The van der Waals surface area contributed by atoms with Crippen LogP contribution < -0.4 is 0 Å². The second-order valence-electron chi connectivity index (χ2n) is 5.68. The van der Waals surface area contributed by atoms with Crippen molar-refractivity contribution in [3.05, 3.63) is 59.2 Å². The summed E-state index contributed by atoms with van der Waals surface area (Å²) in [6, 6.07) is 8.66. The van der Waals surface area contributed by atoms with Gasteiger partial charge in [-0.2, -0.15) is 0 Å². The molecule has 0 N–H and O–H groups in total. The van der Waals surface area contributed by atoms with Crippen LogP contribution in [0.25, 0.3) is 0 Å². The average molecular weight is 271 g/mol. The van der Waals surface area contributed by atoms with Gasteiger partial charge in [-0.15, -0.1) is 0 Å². The summed E-state index contributed by atoms with van der Waals surface area (Å²) in [5, 5.41) is 0. The highest BCUT2D eigenvalue weighted by Gasteiger charge is 2.18. The minimum atomic E-state index is 0.0970. The molecule has 0 fully saturated rings. The first-order chi connectivity index (χ1) is 9.66. The van der Waals surface area contributed by atoms with Crippen molar-refractivity contribution in [1.29, 1.82) is 0 Å². The van der Waals surface area contributed by atoms with Gasteiger partial charge in [0.05, 0.1) is 6.61 Å². The van der Waals surface area contributed by atoms with Gasteiger partial charge in [-0.05, 0) is 45.0 Å². The van der Waals surface area contributed by atoms with E-state index in [4.69, 9.17) is 4.74 Å². The first-order valence-electron chi connectivity index (χ1n) is 7.35. The fraction of sp³-hybridized carbons (Fsp3) is 0.444. The lowest BCUT2D eigenvalue weighted by atomic mass is 9.94. The molecule has 1 aliphatic rings. The molecule has 1 aliphatic carbocycles. The zero-order valence-corrected chi connectivity index (χ0v) is 12.8. The summed E-state index contributed by atoms with van der Waals surface area (Å²) < 4.78 is 6.19. The number of likely N-dealkylation sites (N-methyl/N-ethyl adjacent to an activating group) is 1. The summed E-state index contributed by atoms with van der Waals surface area (Å²) in [4.78, 5) is 2.16. The highest BCUT2D eigenvalue weighted by molar-refractivity contribution is 5.32. The van der Waals surface area contributed by atoms with Gasteiger partial charge >= 0.3 is 0 Å². The summed E-state index contributed by atoms with van der Waals surface area (Å²) in [7, 11) is 4.15. The molecule has 0 bridgehead atoms. The Morgan fingerprint density at radius 1 is 1.30 bits per heavy atom. The zero-order valence-electron chi connectivity index (χ0n) is 12.8. The number of hydrogen-bond donors (Lipinski definition) is 0. The Morgan fingerprint density at radius 3 is 2.80 bits per heavy atom. The van der Waals surface area contributed by atoms with Crippen LogP contribution in [-0.2, 0) is 4.74 Å². The van der Waals surface area contributed by atoms with Crippen molar-refractivity contribution in [3.8, 4) is 0 Å². The molecule has 20 heavy (non-hydrogen) atoms. The van der Waals surface area contributed by atoms with Crippen molar-refractivity contribution >= 4 is 0 Å². The Bertz CT molecular complexity index is 488. The molecule has 0 spiro atoms. The minimum absolute atomic E-state index is 0.0970. The van der Waals surface area contributed by atoms with Gasteiger partial charge in [-0.3, -0.25) is 0 Å². The predicted octanol–water partition coefficient (Wildman–Crippen LogP) is 3.89. The average Bonchev–Trinajstić information content (AvgIpc) is 2.44. The van der Waals surface area contributed by atoms with Gasteiger partial charge in [0.1, 0.15) is 6.10 Å². The molecule has 108 valence electrons. The molecule has 0 radical (unpaired) electrons. The van der Waals surface area contributed by atoms with Crippen LogP contribution in [0.2, 0.25) is 0 Å². The van der Waals surface area contributed by atoms with E-state index >= 15 is 0 Å². The first kappa shape index (κ1) is 15.0. The number of benzene rings is 1. The van der Waals surface area contributed by atoms with Crippen molar-refractivity contribution in [3.63, 3.8) is 0 Å². The first-order valence-corrected chi connectivity index (χ1v) is 7.35. The van der Waals surface area contributed by atoms with Crippen LogP contribution in [0, 0.1) is 6.92 Å². The molecule has 1 aromatic rings. The molecule has 2 heteroatoms. The highest BCUT2D eigenvalue weighted by Crippen LogP contribution is 2.31. The van der Waals surface area contributed by atoms with Crippen molar-refractivity contribution in [2.24, 2.45) is 0 Å². The molecular weight excluding hydrogens is 246 g/mol. The van der Waals surface area contributed by atoms with Gasteiger partial charge in [-0.25, -0.2) is 0 Å². The van der Waals surface area contributed by atoms with E-state index in [9.17, 15) is 0 Å². The van der Waals surface area contributed by atoms with Gasteiger partial charge < -0.3 is 9.64 Å². The largest absolute Gasteiger partial charge is 0.368 e. The Kier molecular flexibility index (Phi) is 5.57. The summed E-state index contributed by atoms with van der Waals surface area (Å²) in [5.41, 5.74) is 3.94. The Labute approximate surface area is 122 Å². The monoisotopic (exact) mass is 271 g/mol. The van der Waals surface area contributed by atoms with Crippen LogP contribution in [0.15, 0.2) is 48.1 Å². The SMILES string of the molecule is Cc1cccc([C@H](OCCN(C)C)C2=CC=CCC2)c1. The molecule has 0 aromatic heterocycles. The van der Waals surface area contributed by atoms with Crippen LogP contribution in [-0.4, -0.2) is 32.1 Å². The van der Waals surface area contributed by atoms with Crippen molar-refractivity contribution < 1.29 is 4.74 Å². The van der Waals surface area contributed by atoms with E-state index in [1.807, 2.05) is 0 Å². The Morgan fingerprint density at radius 2 is 2.15 bits per heavy atom. The third-order valence-electron chi connectivity index (χ3n) is 3.55. The molecule has 0 unspecified atom stereocenters. The Balaban J connectivity index is 2.15. The predicted molar refractivity (Wildman–Crippen MR) is 84.9 cm³/mol. The number of hydrogen-bond acceptors (Lipinski definition) is 2. The van der Waals surface area contributed by atoms with Gasteiger partial charge in [0.25, 0.3) is 0 Å². The van der Waals surface area contributed by atoms with Crippen LogP contribution in [0.1, 0.15) is 30.1 Å². The van der Waals surface area contributed by atoms with Gasteiger partial charge in [0.15, 0.2) is 0 Å². The number of rotatable bonds is 6. The van der Waals surface area contributed by atoms with Gasteiger partial charge in [0, 0.05) is 6.54 Å². The molecule has 0 saturated carbocycles. The molecule has 1 atom stereocenters. The standard InChI is InChI=1S/C18H25NO/c1-15-8-7-11-17(14-15)18(20-13-12-19(2)3)16-9-5-4-6-10-16/h4-5,7-9,11,14,18H,6,10,12-13H2,1-3H3/t18-/m1/s1. The van der Waals surface area contributed by atoms with E-state index in [0.29, 0.717) is 0 Å². The molecule has 0 aliphatic heterocycles. The molecule has 0 amide bonds. The zero-order chi connectivity index (χ0) is 14.4. The summed E-state index contributed by atoms with van der Waals surface area (Å²) in [6.45, 7) is 3.84.